The standard InChI is InChI=1S/C22H25ClN2O6S/c1-13-11-16(18(30-3)12-15(13)23)25-22(29)14(2)31-21(28)8-9-24-20(27)7-6-17(26)19-5-4-10-32-19/h4-5,10-12,14H,6-9H2,1-3H3,(H,24,27)(H,25,29). The number of hydrogen-bond donors (Lipinski definition) is 2. The zero-order valence-corrected chi connectivity index (χ0v) is 19.6. The quantitative estimate of drug-likeness (QED) is 0.374. The maximum absolute atomic E-state index is 12.4. The van der Waals surface area contributed by atoms with Gasteiger partial charge in [0.25, 0.3) is 5.91 Å². The number of halogens is 1. The molecule has 2 amide bonds. The average Bonchev–Trinajstić information content (AvgIpc) is 3.29. The lowest BCUT2D eigenvalue weighted by Crippen LogP contribution is -2.32. The van der Waals surface area contributed by atoms with E-state index < -0.39 is 18.0 Å². The van der Waals surface area contributed by atoms with Crippen molar-refractivity contribution >= 4 is 52.2 Å². The number of esters is 1. The summed E-state index contributed by atoms with van der Waals surface area (Å²) in [6.07, 6.45) is -1.03. The Balaban J connectivity index is 1.72. The van der Waals surface area contributed by atoms with Crippen molar-refractivity contribution < 1.29 is 28.7 Å². The fourth-order valence-electron chi connectivity index (χ4n) is 2.65. The molecule has 0 saturated heterocycles. The van der Waals surface area contributed by atoms with E-state index in [1.54, 1.807) is 36.6 Å². The lowest BCUT2D eigenvalue weighted by molar-refractivity contribution is -0.153. The Morgan fingerprint density at radius 1 is 1.16 bits per heavy atom. The minimum atomic E-state index is -1.05. The number of methoxy groups -OCH3 is 1. The van der Waals surface area contributed by atoms with E-state index in [2.05, 4.69) is 10.6 Å². The highest BCUT2D eigenvalue weighted by Gasteiger charge is 2.20. The van der Waals surface area contributed by atoms with Crippen LogP contribution in [-0.2, 0) is 19.1 Å². The topological polar surface area (TPSA) is 111 Å². The predicted molar refractivity (Wildman–Crippen MR) is 122 cm³/mol. The van der Waals surface area contributed by atoms with Crippen LogP contribution >= 0.6 is 22.9 Å². The highest BCUT2D eigenvalue weighted by Crippen LogP contribution is 2.31. The Kier molecular flexibility index (Phi) is 9.67. The van der Waals surface area contributed by atoms with E-state index in [0.717, 1.165) is 5.56 Å². The highest BCUT2D eigenvalue weighted by atomic mass is 35.5. The number of carbonyl (C=O) groups excluding carboxylic acids is 4. The molecule has 8 nitrogen and oxygen atoms in total. The average molecular weight is 481 g/mol. The van der Waals surface area contributed by atoms with E-state index in [-0.39, 0.29) is 37.5 Å². The van der Waals surface area contributed by atoms with Crippen LogP contribution < -0.4 is 15.4 Å². The lowest BCUT2D eigenvalue weighted by atomic mass is 10.2. The van der Waals surface area contributed by atoms with Crippen LogP contribution in [0, 0.1) is 6.92 Å². The third kappa shape index (κ3) is 7.65. The summed E-state index contributed by atoms with van der Waals surface area (Å²) < 4.78 is 10.3. The van der Waals surface area contributed by atoms with Crippen molar-refractivity contribution in [3.8, 4) is 5.75 Å². The summed E-state index contributed by atoms with van der Waals surface area (Å²) in [6.45, 7) is 3.27. The van der Waals surface area contributed by atoms with Crippen LogP contribution in [0.25, 0.3) is 0 Å². The molecule has 1 aromatic carbocycles. The molecule has 32 heavy (non-hydrogen) atoms. The molecular formula is C22H25ClN2O6S. The maximum Gasteiger partial charge on any atom is 0.308 e. The van der Waals surface area contributed by atoms with E-state index >= 15 is 0 Å². The SMILES string of the molecule is COc1cc(Cl)c(C)cc1NC(=O)C(C)OC(=O)CCNC(=O)CCC(=O)c1cccs1. The van der Waals surface area contributed by atoms with Gasteiger partial charge in [0.1, 0.15) is 5.75 Å². The lowest BCUT2D eigenvalue weighted by Gasteiger charge is -2.16. The van der Waals surface area contributed by atoms with E-state index in [4.69, 9.17) is 21.1 Å². The second-order valence-corrected chi connectivity index (χ2v) is 8.28. The number of hydrogen-bond acceptors (Lipinski definition) is 7. The van der Waals surface area contributed by atoms with E-state index in [1.807, 2.05) is 0 Å². The molecule has 0 aliphatic carbocycles. The first kappa shape index (κ1) is 25.4. The molecule has 0 radical (unpaired) electrons. The molecule has 1 aromatic heterocycles. The third-order valence-corrected chi connectivity index (χ3v) is 5.76. The minimum Gasteiger partial charge on any atom is -0.495 e. The summed E-state index contributed by atoms with van der Waals surface area (Å²) >= 11 is 7.38. The van der Waals surface area contributed by atoms with E-state index in [1.165, 1.54) is 25.4 Å². The predicted octanol–water partition coefficient (Wildman–Crippen LogP) is 3.76. The molecule has 2 aromatic rings. The van der Waals surface area contributed by atoms with Gasteiger partial charge in [0.2, 0.25) is 5.91 Å². The minimum absolute atomic E-state index is 0.0347. The van der Waals surface area contributed by atoms with Crippen LogP contribution in [0.1, 0.15) is 41.4 Å². The van der Waals surface area contributed by atoms with Crippen molar-refractivity contribution in [3.63, 3.8) is 0 Å². The molecule has 1 atom stereocenters. The zero-order valence-electron chi connectivity index (χ0n) is 18.0. The Bertz CT molecular complexity index is 977. The normalized spacial score (nSPS) is 11.4. The summed E-state index contributed by atoms with van der Waals surface area (Å²) in [4.78, 5) is 48.7. The van der Waals surface area contributed by atoms with Gasteiger partial charge in [-0.15, -0.1) is 11.3 Å². The first-order valence-corrected chi connectivity index (χ1v) is 11.1. The van der Waals surface area contributed by atoms with Crippen molar-refractivity contribution in [2.45, 2.75) is 39.2 Å². The molecule has 0 fully saturated rings. The van der Waals surface area contributed by atoms with Gasteiger partial charge in [-0.25, -0.2) is 0 Å². The molecule has 0 saturated carbocycles. The fourth-order valence-corrected chi connectivity index (χ4v) is 3.50. The summed E-state index contributed by atoms with van der Waals surface area (Å²) in [5.41, 5.74) is 1.16. The molecule has 1 unspecified atom stereocenters. The van der Waals surface area contributed by atoms with Crippen LogP contribution in [0.15, 0.2) is 29.6 Å². The van der Waals surface area contributed by atoms with Gasteiger partial charge in [0, 0.05) is 30.5 Å². The second kappa shape index (κ2) is 12.2. The number of ether oxygens (including phenoxy) is 2. The molecular weight excluding hydrogens is 456 g/mol. The summed E-state index contributed by atoms with van der Waals surface area (Å²) in [7, 11) is 1.45. The highest BCUT2D eigenvalue weighted by molar-refractivity contribution is 7.12. The molecule has 0 aliphatic heterocycles. The fraction of sp³-hybridized carbons (Fsp3) is 0.364. The van der Waals surface area contributed by atoms with Gasteiger partial charge >= 0.3 is 5.97 Å². The van der Waals surface area contributed by atoms with Crippen LogP contribution in [0.4, 0.5) is 5.69 Å². The first-order valence-electron chi connectivity index (χ1n) is 9.89. The van der Waals surface area contributed by atoms with E-state index in [0.29, 0.717) is 21.3 Å². The number of Topliss-reactive ketones (excluding diaryl/α,β-unsaturated/α-hetero) is 1. The van der Waals surface area contributed by atoms with Crippen LogP contribution in [0.5, 0.6) is 5.75 Å². The molecule has 2 N–H and O–H groups in total. The van der Waals surface area contributed by atoms with Crippen molar-refractivity contribution in [1.29, 1.82) is 0 Å². The number of anilines is 1. The molecule has 10 heteroatoms. The molecule has 172 valence electrons. The summed E-state index contributed by atoms with van der Waals surface area (Å²) in [5.74, 6) is -1.22. The number of rotatable bonds is 11. The summed E-state index contributed by atoms with van der Waals surface area (Å²) in [5, 5.41) is 7.51. The van der Waals surface area contributed by atoms with Gasteiger partial charge in [0.15, 0.2) is 11.9 Å². The van der Waals surface area contributed by atoms with Crippen molar-refractivity contribution in [2.24, 2.45) is 0 Å². The van der Waals surface area contributed by atoms with Crippen molar-refractivity contribution in [2.75, 3.05) is 19.0 Å². The van der Waals surface area contributed by atoms with Crippen molar-refractivity contribution in [1.82, 2.24) is 5.32 Å². The van der Waals surface area contributed by atoms with Crippen LogP contribution in [0.3, 0.4) is 0 Å². The number of amides is 2. The second-order valence-electron chi connectivity index (χ2n) is 6.92. The Hall–Kier alpha value is -2.91. The zero-order chi connectivity index (χ0) is 23.7. The monoisotopic (exact) mass is 480 g/mol. The number of aryl methyl sites for hydroxylation is 1. The van der Waals surface area contributed by atoms with Gasteiger partial charge in [0.05, 0.1) is 24.1 Å². The molecule has 1 heterocycles. The van der Waals surface area contributed by atoms with Gasteiger partial charge < -0.3 is 20.1 Å². The van der Waals surface area contributed by atoms with Crippen LogP contribution in [0.2, 0.25) is 5.02 Å². The number of ketones is 1. The smallest absolute Gasteiger partial charge is 0.308 e. The first-order chi connectivity index (χ1) is 15.2. The molecule has 0 aliphatic rings. The largest absolute Gasteiger partial charge is 0.495 e. The van der Waals surface area contributed by atoms with Gasteiger partial charge in [-0.1, -0.05) is 17.7 Å². The molecule has 0 spiro atoms. The Morgan fingerprint density at radius 2 is 1.91 bits per heavy atom. The van der Waals surface area contributed by atoms with Gasteiger partial charge in [-0.2, -0.15) is 0 Å². The third-order valence-electron chi connectivity index (χ3n) is 4.44. The van der Waals surface area contributed by atoms with Crippen molar-refractivity contribution in [3.05, 3.63) is 45.1 Å². The van der Waals surface area contributed by atoms with Gasteiger partial charge in [-0.05, 0) is 36.9 Å². The number of thiophene rings is 1. The Morgan fingerprint density at radius 3 is 2.56 bits per heavy atom. The van der Waals surface area contributed by atoms with Gasteiger partial charge in [-0.3, -0.25) is 19.2 Å². The number of carbonyl (C=O) groups is 4. The maximum atomic E-state index is 12.4. The Labute approximate surface area is 195 Å². The number of nitrogens with one attached hydrogen (secondary N) is 2. The summed E-state index contributed by atoms with van der Waals surface area (Å²) in [6, 6.07) is 6.73. The van der Waals surface area contributed by atoms with Crippen LogP contribution in [-0.4, -0.2) is 43.3 Å². The number of benzene rings is 1. The van der Waals surface area contributed by atoms with E-state index in [9.17, 15) is 19.2 Å². The molecule has 0 bridgehead atoms. The molecule has 2 rings (SSSR count).